The van der Waals surface area contributed by atoms with Crippen molar-refractivity contribution in [3.8, 4) is 0 Å². The summed E-state index contributed by atoms with van der Waals surface area (Å²) < 4.78 is 5.21. The highest BCUT2D eigenvalue weighted by molar-refractivity contribution is 4.83. The average Bonchev–Trinajstić information content (AvgIpc) is 1.85. The van der Waals surface area contributed by atoms with Crippen LogP contribution in [0.5, 0.6) is 0 Å². The maximum atomic E-state index is 8.82. The Morgan fingerprint density at radius 2 is 2.10 bits per heavy atom. The molecule has 0 amide bonds. The van der Waals surface area contributed by atoms with E-state index in [1.807, 2.05) is 26.0 Å². The second-order valence-corrected chi connectivity index (χ2v) is 2.41. The van der Waals surface area contributed by atoms with Gasteiger partial charge in [0.1, 0.15) is 0 Å². The number of allylic oxidation sites excluding steroid dienone is 1. The number of aliphatic hydroxyl groups excluding tert-OH is 1. The van der Waals surface area contributed by atoms with Gasteiger partial charge in [0.25, 0.3) is 0 Å². The van der Waals surface area contributed by atoms with Crippen LogP contribution in [-0.2, 0) is 4.74 Å². The Hall–Kier alpha value is -0.340. The molecule has 0 bridgehead atoms. The first-order valence-electron chi connectivity index (χ1n) is 3.59. The molecular formula is C8H16O2. The van der Waals surface area contributed by atoms with Crippen LogP contribution in [0.4, 0.5) is 0 Å². The third-order valence-corrected chi connectivity index (χ3v) is 1.06. The lowest BCUT2D eigenvalue weighted by molar-refractivity contribution is 0.0246. The normalized spacial score (nSPS) is 17.6. The zero-order valence-electron chi connectivity index (χ0n) is 6.87. The minimum Gasteiger partial charge on any atom is -0.391 e. The van der Waals surface area contributed by atoms with Crippen LogP contribution in [0.15, 0.2) is 12.2 Å². The van der Waals surface area contributed by atoms with Gasteiger partial charge >= 0.3 is 0 Å². The topological polar surface area (TPSA) is 29.5 Å². The third kappa shape index (κ3) is 5.79. The summed E-state index contributed by atoms with van der Waals surface area (Å²) in [4.78, 5) is 0. The number of aliphatic hydroxyl groups is 1. The van der Waals surface area contributed by atoms with E-state index in [0.717, 1.165) is 0 Å². The van der Waals surface area contributed by atoms with Crippen LogP contribution in [0.2, 0.25) is 0 Å². The quantitative estimate of drug-likeness (QED) is 0.603. The zero-order valence-corrected chi connectivity index (χ0v) is 6.87. The molecule has 0 heterocycles. The van der Waals surface area contributed by atoms with Gasteiger partial charge in [-0.1, -0.05) is 12.2 Å². The third-order valence-electron chi connectivity index (χ3n) is 1.06. The molecule has 10 heavy (non-hydrogen) atoms. The first-order valence-corrected chi connectivity index (χ1v) is 3.59. The maximum absolute atomic E-state index is 8.82. The van der Waals surface area contributed by atoms with Crippen molar-refractivity contribution in [1.82, 2.24) is 0 Å². The van der Waals surface area contributed by atoms with E-state index >= 15 is 0 Å². The Bertz CT molecular complexity index is 97.4. The van der Waals surface area contributed by atoms with Gasteiger partial charge in [-0.15, -0.1) is 0 Å². The smallest absolute Gasteiger partial charge is 0.0745 e. The van der Waals surface area contributed by atoms with Gasteiger partial charge in [0.05, 0.1) is 18.8 Å². The molecule has 2 unspecified atom stereocenters. The van der Waals surface area contributed by atoms with Crippen LogP contribution >= 0.6 is 0 Å². The standard InChI is InChI=1S/C8H16O2/c1-4-5-8(3)10-6-7(2)9/h4-5,7-9H,6H2,1-3H3/b5-4+. The summed E-state index contributed by atoms with van der Waals surface area (Å²) in [5.74, 6) is 0. The van der Waals surface area contributed by atoms with E-state index in [1.54, 1.807) is 6.92 Å². The molecule has 0 aromatic heterocycles. The van der Waals surface area contributed by atoms with E-state index in [4.69, 9.17) is 9.84 Å². The van der Waals surface area contributed by atoms with Crippen molar-refractivity contribution >= 4 is 0 Å². The lowest BCUT2D eigenvalue weighted by atomic mass is 10.3. The van der Waals surface area contributed by atoms with Gasteiger partial charge in [-0.3, -0.25) is 0 Å². The van der Waals surface area contributed by atoms with Crippen LogP contribution in [0.1, 0.15) is 20.8 Å². The van der Waals surface area contributed by atoms with Crippen molar-refractivity contribution in [3.63, 3.8) is 0 Å². The predicted molar refractivity (Wildman–Crippen MR) is 41.9 cm³/mol. The highest BCUT2D eigenvalue weighted by Gasteiger charge is 1.98. The Morgan fingerprint density at radius 3 is 2.50 bits per heavy atom. The lowest BCUT2D eigenvalue weighted by Gasteiger charge is -2.09. The second-order valence-electron chi connectivity index (χ2n) is 2.41. The summed E-state index contributed by atoms with van der Waals surface area (Å²) >= 11 is 0. The van der Waals surface area contributed by atoms with Crippen molar-refractivity contribution in [2.75, 3.05) is 6.61 Å². The van der Waals surface area contributed by atoms with Gasteiger partial charge in [-0.05, 0) is 20.8 Å². The molecule has 0 aromatic rings. The van der Waals surface area contributed by atoms with E-state index in [1.165, 1.54) is 0 Å². The summed E-state index contributed by atoms with van der Waals surface area (Å²) in [5, 5.41) is 8.82. The van der Waals surface area contributed by atoms with E-state index in [2.05, 4.69) is 0 Å². The van der Waals surface area contributed by atoms with Crippen LogP contribution in [0.25, 0.3) is 0 Å². The van der Waals surface area contributed by atoms with Gasteiger partial charge in [-0.25, -0.2) is 0 Å². The number of ether oxygens (including phenoxy) is 1. The number of rotatable bonds is 4. The molecule has 2 heteroatoms. The van der Waals surface area contributed by atoms with Crippen LogP contribution in [-0.4, -0.2) is 23.9 Å². The molecule has 0 aliphatic carbocycles. The molecule has 0 radical (unpaired) electrons. The molecule has 0 saturated carbocycles. The first-order chi connectivity index (χ1) is 4.66. The first kappa shape index (κ1) is 9.66. The van der Waals surface area contributed by atoms with Crippen LogP contribution in [0.3, 0.4) is 0 Å². The molecule has 1 N–H and O–H groups in total. The van der Waals surface area contributed by atoms with Gasteiger partial charge in [-0.2, -0.15) is 0 Å². The summed E-state index contributed by atoms with van der Waals surface area (Å²) in [7, 11) is 0. The van der Waals surface area contributed by atoms with Crippen molar-refractivity contribution in [2.45, 2.75) is 33.0 Å². The highest BCUT2D eigenvalue weighted by Crippen LogP contribution is 1.93. The number of hydrogen-bond donors (Lipinski definition) is 1. The molecule has 0 rings (SSSR count). The molecule has 2 atom stereocenters. The van der Waals surface area contributed by atoms with E-state index in [-0.39, 0.29) is 12.2 Å². The van der Waals surface area contributed by atoms with Gasteiger partial charge in [0.2, 0.25) is 0 Å². The average molecular weight is 144 g/mol. The minimum absolute atomic E-state index is 0.111. The minimum atomic E-state index is -0.368. The molecule has 0 aliphatic heterocycles. The van der Waals surface area contributed by atoms with Crippen LogP contribution < -0.4 is 0 Å². The van der Waals surface area contributed by atoms with E-state index in [0.29, 0.717) is 6.61 Å². The van der Waals surface area contributed by atoms with E-state index < -0.39 is 0 Å². The van der Waals surface area contributed by atoms with Gasteiger partial charge in [0.15, 0.2) is 0 Å². The lowest BCUT2D eigenvalue weighted by Crippen LogP contribution is -2.15. The Morgan fingerprint density at radius 1 is 1.50 bits per heavy atom. The van der Waals surface area contributed by atoms with Crippen molar-refractivity contribution < 1.29 is 9.84 Å². The fourth-order valence-electron chi connectivity index (χ4n) is 0.618. The fraction of sp³-hybridized carbons (Fsp3) is 0.750. The molecule has 0 fully saturated rings. The maximum Gasteiger partial charge on any atom is 0.0745 e. The highest BCUT2D eigenvalue weighted by atomic mass is 16.5. The SMILES string of the molecule is C/C=C/C(C)OCC(C)O. The van der Waals surface area contributed by atoms with Gasteiger partial charge < -0.3 is 9.84 Å². The molecule has 2 nitrogen and oxygen atoms in total. The molecule has 0 aromatic carbocycles. The molecular weight excluding hydrogens is 128 g/mol. The van der Waals surface area contributed by atoms with Crippen molar-refractivity contribution in [3.05, 3.63) is 12.2 Å². The molecule has 0 spiro atoms. The molecule has 60 valence electrons. The molecule has 0 aliphatic rings. The summed E-state index contributed by atoms with van der Waals surface area (Å²) in [6, 6.07) is 0. The zero-order chi connectivity index (χ0) is 7.98. The second kappa shape index (κ2) is 5.45. The summed E-state index contributed by atoms with van der Waals surface area (Å²) in [6.07, 6.45) is 3.63. The summed E-state index contributed by atoms with van der Waals surface area (Å²) in [6.45, 7) is 6.01. The van der Waals surface area contributed by atoms with Crippen molar-refractivity contribution in [2.24, 2.45) is 0 Å². The Kier molecular flexibility index (Phi) is 5.26. The Labute approximate surface area is 62.5 Å². The van der Waals surface area contributed by atoms with E-state index in [9.17, 15) is 0 Å². The fourth-order valence-corrected chi connectivity index (χ4v) is 0.618. The Balaban J connectivity index is 3.30. The largest absolute Gasteiger partial charge is 0.391 e. The summed E-state index contributed by atoms with van der Waals surface area (Å²) in [5.41, 5.74) is 0. The van der Waals surface area contributed by atoms with Crippen LogP contribution in [0, 0.1) is 0 Å². The van der Waals surface area contributed by atoms with Crippen molar-refractivity contribution in [1.29, 1.82) is 0 Å². The predicted octanol–water partition coefficient (Wildman–Crippen LogP) is 1.35. The molecule has 0 saturated heterocycles. The monoisotopic (exact) mass is 144 g/mol. The van der Waals surface area contributed by atoms with Gasteiger partial charge in [0, 0.05) is 0 Å². The number of hydrogen-bond acceptors (Lipinski definition) is 2.